The molecule has 4 heteroatoms. The average Bonchev–Trinajstić information content (AvgIpc) is 2.46. The maximum Gasteiger partial charge on any atom is 0.170 e. The van der Waals surface area contributed by atoms with Crippen molar-refractivity contribution in [3.63, 3.8) is 0 Å². The molecule has 0 radical (unpaired) electrons. The lowest BCUT2D eigenvalue weighted by atomic mass is 10.1. The molecule has 0 saturated heterocycles. The Balaban J connectivity index is 2.25. The van der Waals surface area contributed by atoms with Crippen molar-refractivity contribution in [1.82, 2.24) is 5.32 Å². The molecule has 0 heterocycles. The van der Waals surface area contributed by atoms with Crippen LogP contribution < -0.4 is 10.6 Å². The zero-order valence-electron chi connectivity index (χ0n) is 12.2. The Kier molecular flexibility index (Phi) is 8.47. The van der Waals surface area contributed by atoms with Crippen LogP contribution in [0.25, 0.3) is 0 Å². The fraction of sp³-hybridized carbons (Fsp3) is 0.438. The lowest BCUT2D eigenvalue weighted by Gasteiger charge is -2.11. The van der Waals surface area contributed by atoms with Crippen molar-refractivity contribution < 1.29 is 4.74 Å². The van der Waals surface area contributed by atoms with E-state index in [-0.39, 0.29) is 0 Å². The molecule has 0 bridgehead atoms. The zero-order valence-corrected chi connectivity index (χ0v) is 13.0. The van der Waals surface area contributed by atoms with E-state index in [0.29, 0.717) is 11.7 Å². The van der Waals surface area contributed by atoms with E-state index in [4.69, 9.17) is 17.0 Å². The summed E-state index contributed by atoms with van der Waals surface area (Å²) in [6, 6.07) is 8.44. The van der Waals surface area contributed by atoms with Gasteiger partial charge in [0.05, 0.1) is 12.9 Å². The first-order chi connectivity index (χ1) is 9.76. The summed E-state index contributed by atoms with van der Waals surface area (Å²) in [5.74, 6) is 0. The maximum absolute atomic E-state index is 5.23. The van der Waals surface area contributed by atoms with E-state index in [9.17, 15) is 0 Å². The van der Waals surface area contributed by atoms with Crippen molar-refractivity contribution in [2.45, 2.75) is 32.6 Å². The molecule has 0 spiro atoms. The van der Waals surface area contributed by atoms with E-state index in [1.807, 2.05) is 0 Å². The summed E-state index contributed by atoms with van der Waals surface area (Å²) in [7, 11) is 0. The third-order valence-corrected chi connectivity index (χ3v) is 3.12. The van der Waals surface area contributed by atoms with E-state index in [2.05, 4.69) is 48.4 Å². The third kappa shape index (κ3) is 7.14. The van der Waals surface area contributed by atoms with Gasteiger partial charge in [-0.2, -0.15) is 0 Å². The normalized spacial score (nSPS) is 9.85. The summed E-state index contributed by atoms with van der Waals surface area (Å²) < 4.78 is 5.04. The van der Waals surface area contributed by atoms with Crippen LogP contribution in [0.2, 0.25) is 0 Å². The van der Waals surface area contributed by atoms with Crippen LogP contribution in [0.1, 0.15) is 31.7 Å². The third-order valence-electron chi connectivity index (χ3n) is 2.87. The molecule has 0 aromatic heterocycles. The van der Waals surface area contributed by atoms with Crippen LogP contribution in [0.15, 0.2) is 37.1 Å². The SMILES string of the molecule is C=COCCCNC(=S)Nc1ccc(CCCC)cc1. The van der Waals surface area contributed by atoms with Gasteiger partial charge in [-0.15, -0.1) is 0 Å². The Labute approximate surface area is 127 Å². The largest absolute Gasteiger partial charge is 0.502 e. The van der Waals surface area contributed by atoms with Crippen molar-refractivity contribution in [2.75, 3.05) is 18.5 Å². The van der Waals surface area contributed by atoms with Gasteiger partial charge in [0.2, 0.25) is 0 Å². The standard InChI is InChI=1S/C16H24N2OS/c1-3-5-7-14-8-10-15(11-9-14)18-16(20)17-12-6-13-19-4-2/h4,8-11H,2-3,5-7,12-13H2,1H3,(H2,17,18,20). The second kappa shape index (κ2) is 10.3. The molecular formula is C16H24N2OS. The van der Waals surface area contributed by atoms with Gasteiger partial charge in [-0.1, -0.05) is 32.1 Å². The monoisotopic (exact) mass is 292 g/mol. The van der Waals surface area contributed by atoms with E-state index in [0.717, 1.165) is 25.1 Å². The fourth-order valence-corrected chi connectivity index (χ4v) is 1.97. The first-order valence-electron chi connectivity index (χ1n) is 7.12. The number of ether oxygens (including phenoxy) is 1. The molecule has 0 aliphatic heterocycles. The first-order valence-corrected chi connectivity index (χ1v) is 7.53. The Hall–Kier alpha value is -1.55. The first kappa shape index (κ1) is 16.5. The molecule has 1 rings (SSSR count). The molecule has 0 atom stereocenters. The Morgan fingerprint density at radius 1 is 1.30 bits per heavy atom. The summed E-state index contributed by atoms with van der Waals surface area (Å²) in [6.45, 7) is 7.15. The summed E-state index contributed by atoms with van der Waals surface area (Å²) in [5.41, 5.74) is 2.39. The minimum absolute atomic E-state index is 0.643. The number of nitrogens with one attached hydrogen (secondary N) is 2. The van der Waals surface area contributed by atoms with Crippen molar-refractivity contribution in [1.29, 1.82) is 0 Å². The number of unbranched alkanes of at least 4 members (excludes halogenated alkanes) is 1. The van der Waals surface area contributed by atoms with Gasteiger partial charge in [0.25, 0.3) is 0 Å². The highest BCUT2D eigenvalue weighted by atomic mass is 32.1. The molecule has 110 valence electrons. The highest BCUT2D eigenvalue weighted by Crippen LogP contribution is 2.11. The topological polar surface area (TPSA) is 33.3 Å². The van der Waals surface area contributed by atoms with Crippen LogP contribution >= 0.6 is 12.2 Å². The number of anilines is 1. The van der Waals surface area contributed by atoms with E-state index in [1.165, 1.54) is 24.7 Å². The predicted molar refractivity (Wildman–Crippen MR) is 90.0 cm³/mol. The van der Waals surface area contributed by atoms with Crippen molar-refractivity contribution in [2.24, 2.45) is 0 Å². The molecule has 0 saturated carbocycles. The van der Waals surface area contributed by atoms with Crippen LogP contribution in [-0.2, 0) is 11.2 Å². The second-order valence-electron chi connectivity index (χ2n) is 4.57. The molecule has 20 heavy (non-hydrogen) atoms. The number of hydrogen-bond acceptors (Lipinski definition) is 2. The summed E-state index contributed by atoms with van der Waals surface area (Å²) in [5, 5.41) is 6.96. The lowest BCUT2D eigenvalue weighted by Crippen LogP contribution is -2.29. The van der Waals surface area contributed by atoms with Crippen LogP contribution in [0, 0.1) is 0 Å². The molecule has 2 N–H and O–H groups in total. The van der Waals surface area contributed by atoms with Crippen molar-refractivity contribution in [3.8, 4) is 0 Å². The number of aryl methyl sites for hydroxylation is 1. The Bertz CT molecular complexity index is 403. The van der Waals surface area contributed by atoms with Crippen LogP contribution in [0.5, 0.6) is 0 Å². The van der Waals surface area contributed by atoms with Crippen molar-refractivity contribution >= 4 is 23.0 Å². The molecular weight excluding hydrogens is 268 g/mol. The minimum atomic E-state index is 0.643. The van der Waals surface area contributed by atoms with E-state index >= 15 is 0 Å². The quantitative estimate of drug-likeness (QED) is 0.411. The lowest BCUT2D eigenvalue weighted by molar-refractivity contribution is 0.247. The molecule has 0 unspecified atom stereocenters. The highest BCUT2D eigenvalue weighted by Gasteiger charge is 1.98. The number of benzene rings is 1. The van der Waals surface area contributed by atoms with Gasteiger partial charge in [-0.3, -0.25) is 0 Å². The Morgan fingerprint density at radius 2 is 2.05 bits per heavy atom. The molecule has 1 aromatic rings. The average molecular weight is 292 g/mol. The number of hydrogen-bond donors (Lipinski definition) is 2. The van der Waals surface area contributed by atoms with Gasteiger partial charge in [-0.25, -0.2) is 0 Å². The smallest absolute Gasteiger partial charge is 0.170 e. The zero-order chi connectivity index (χ0) is 14.6. The fourth-order valence-electron chi connectivity index (χ4n) is 1.75. The predicted octanol–water partition coefficient (Wildman–Crippen LogP) is 3.87. The molecule has 1 aromatic carbocycles. The van der Waals surface area contributed by atoms with Gasteiger partial charge in [-0.05, 0) is 49.2 Å². The summed E-state index contributed by atoms with van der Waals surface area (Å²) in [4.78, 5) is 0. The molecule has 0 aliphatic carbocycles. The van der Waals surface area contributed by atoms with Crippen LogP contribution in [-0.4, -0.2) is 18.3 Å². The van der Waals surface area contributed by atoms with E-state index < -0.39 is 0 Å². The van der Waals surface area contributed by atoms with Gasteiger partial charge >= 0.3 is 0 Å². The van der Waals surface area contributed by atoms with Crippen LogP contribution in [0.4, 0.5) is 5.69 Å². The molecule has 0 fully saturated rings. The molecule has 0 amide bonds. The maximum atomic E-state index is 5.23. The Morgan fingerprint density at radius 3 is 2.70 bits per heavy atom. The van der Waals surface area contributed by atoms with Gasteiger partial charge in [0.15, 0.2) is 5.11 Å². The number of thiocarbonyl (C=S) groups is 1. The second-order valence-corrected chi connectivity index (χ2v) is 4.98. The summed E-state index contributed by atoms with van der Waals surface area (Å²) >= 11 is 5.23. The molecule has 3 nitrogen and oxygen atoms in total. The number of rotatable bonds is 9. The highest BCUT2D eigenvalue weighted by molar-refractivity contribution is 7.80. The van der Waals surface area contributed by atoms with Crippen molar-refractivity contribution in [3.05, 3.63) is 42.7 Å². The van der Waals surface area contributed by atoms with Gasteiger partial charge in [0.1, 0.15) is 0 Å². The van der Waals surface area contributed by atoms with Gasteiger partial charge in [0, 0.05) is 12.2 Å². The van der Waals surface area contributed by atoms with E-state index in [1.54, 1.807) is 0 Å². The minimum Gasteiger partial charge on any atom is -0.502 e. The summed E-state index contributed by atoms with van der Waals surface area (Å²) in [6.07, 6.45) is 5.95. The molecule has 0 aliphatic rings. The van der Waals surface area contributed by atoms with Crippen LogP contribution in [0.3, 0.4) is 0 Å². The van der Waals surface area contributed by atoms with Gasteiger partial charge < -0.3 is 15.4 Å².